The molecule has 1 N–H and O–H groups in total. The maximum Gasteiger partial charge on any atom is 0.148 e. The van der Waals surface area contributed by atoms with Crippen LogP contribution in [0.4, 0.5) is 5.82 Å². The molecule has 3 rings (SSSR count). The van der Waals surface area contributed by atoms with Crippen molar-refractivity contribution in [1.82, 2.24) is 10.2 Å². The second-order valence-electron chi connectivity index (χ2n) is 4.47. The summed E-state index contributed by atoms with van der Waals surface area (Å²) in [4.78, 5) is 0. The molecule has 1 aliphatic carbocycles. The minimum Gasteiger partial charge on any atom is -0.369 e. The maximum atomic E-state index is 4.36. The van der Waals surface area contributed by atoms with Gasteiger partial charge in [0.1, 0.15) is 5.82 Å². The van der Waals surface area contributed by atoms with Crippen molar-refractivity contribution in [3.05, 3.63) is 39.9 Å². The third kappa shape index (κ3) is 1.90. The van der Waals surface area contributed by atoms with E-state index < -0.39 is 0 Å². The molecule has 2 aromatic rings. The first-order chi connectivity index (χ1) is 8.79. The highest BCUT2D eigenvalue weighted by Crippen LogP contribution is 2.38. The normalized spacial score (nSPS) is 12.1. The fourth-order valence-corrected chi connectivity index (χ4v) is 2.79. The molecule has 0 amide bonds. The van der Waals surface area contributed by atoms with Gasteiger partial charge >= 0.3 is 0 Å². The lowest BCUT2D eigenvalue weighted by molar-refractivity contribution is 0.942. The van der Waals surface area contributed by atoms with Crippen molar-refractivity contribution in [2.45, 2.75) is 19.8 Å². The number of halogens is 1. The van der Waals surface area contributed by atoms with Crippen molar-refractivity contribution < 1.29 is 0 Å². The van der Waals surface area contributed by atoms with Gasteiger partial charge in [-0.15, -0.1) is 10.2 Å². The van der Waals surface area contributed by atoms with E-state index in [4.69, 9.17) is 0 Å². The van der Waals surface area contributed by atoms with Crippen molar-refractivity contribution in [2.75, 3.05) is 11.9 Å². The van der Waals surface area contributed by atoms with E-state index in [0.717, 1.165) is 35.4 Å². The summed E-state index contributed by atoms with van der Waals surface area (Å²) in [6, 6.07) is 8.35. The molecule has 1 aromatic carbocycles. The molecule has 0 bridgehead atoms. The van der Waals surface area contributed by atoms with Gasteiger partial charge in [0.25, 0.3) is 0 Å². The molecule has 0 aliphatic heterocycles. The number of anilines is 1. The molecule has 0 spiro atoms. The highest BCUT2D eigenvalue weighted by Gasteiger charge is 2.22. The van der Waals surface area contributed by atoms with E-state index in [0.29, 0.717) is 0 Å². The SMILES string of the molecule is CCCNc1cc2c(nn1)-c1cccc(Br)c1C2. The lowest BCUT2D eigenvalue weighted by Crippen LogP contribution is -2.03. The second-order valence-corrected chi connectivity index (χ2v) is 5.33. The van der Waals surface area contributed by atoms with Gasteiger partial charge in [-0.25, -0.2) is 0 Å². The highest BCUT2D eigenvalue weighted by atomic mass is 79.9. The van der Waals surface area contributed by atoms with Gasteiger partial charge in [0, 0.05) is 23.0 Å². The van der Waals surface area contributed by atoms with E-state index in [-0.39, 0.29) is 0 Å². The molecular weight excluding hydrogens is 290 g/mol. The molecule has 4 heteroatoms. The molecule has 18 heavy (non-hydrogen) atoms. The number of nitrogens with zero attached hydrogens (tertiary/aromatic N) is 2. The third-order valence-electron chi connectivity index (χ3n) is 3.17. The van der Waals surface area contributed by atoms with Crippen molar-refractivity contribution in [3.63, 3.8) is 0 Å². The zero-order valence-electron chi connectivity index (χ0n) is 10.2. The van der Waals surface area contributed by atoms with E-state index in [1.54, 1.807) is 0 Å². The first-order valence-corrected chi connectivity index (χ1v) is 6.97. The second kappa shape index (κ2) is 4.69. The Bertz CT molecular complexity index is 596. The van der Waals surface area contributed by atoms with Gasteiger partial charge in [-0.05, 0) is 29.7 Å². The molecule has 0 saturated carbocycles. The minimum atomic E-state index is 0.875. The number of hydrogen-bond donors (Lipinski definition) is 1. The number of aromatic nitrogens is 2. The molecular formula is C14H14BrN3. The quantitative estimate of drug-likeness (QED) is 0.803. The Balaban J connectivity index is 1.99. The molecule has 1 aromatic heterocycles. The monoisotopic (exact) mass is 303 g/mol. The van der Waals surface area contributed by atoms with E-state index in [2.05, 4.69) is 56.6 Å². The van der Waals surface area contributed by atoms with Gasteiger partial charge in [0.15, 0.2) is 0 Å². The topological polar surface area (TPSA) is 37.8 Å². The van der Waals surface area contributed by atoms with Crippen LogP contribution in [0, 0.1) is 0 Å². The first-order valence-electron chi connectivity index (χ1n) is 6.18. The van der Waals surface area contributed by atoms with E-state index in [1.807, 2.05) is 6.07 Å². The van der Waals surface area contributed by atoms with Crippen LogP contribution in [-0.4, -0.2) is 16.7 Å². The van der Waals surface area contributed by atoms with Crippen LogP contribution in [0.15, 0.2) is 28.7 Å². The lowest BCUT2D eigenvalue weighted by atomic mass is 10.1. The number of fused-ring (bicyclic) bond motifs is 3. The van der Waals surface area contributed by atoms with Gasteiger partial charge in [0.2, 0.25) is 0 Å². The van der Waals surface area contributed by atoms with Crippen molar-refractivity contribution >= 4 is 21.7 Å². The molecule has 0 atom stereocenters. The maximum absolute atomic E-state index is 4.36. The van der Waals surface area contributed by atoms with Gasteiger partial charge in [-0.3, -0.25) is 0 Å². The molecule has 0 fully saturated rings. The first kappa shape index (κ1) is 11.7. The lowest BCUT2D eigenvalue weighted by Gasteiger charge is -2.04. The summed E-state index contributed by atoms with van der Waals surface area (Å²) in [6.45, 7) is 3.07. The summed E-state index contributed by atoms with van der Waals surface area (Å²) in [5, 5.41) is 11.9. The minimum absolute atomic E-state index is 0.875. The molecule has 0 saturated heterocycles. The molecule has 92 valence electrons. The van der Waals surface area contributed by atoms with Crippen molar-refractivity contribution in [2.24, 2.45) is 0 Å². The zero-order chi connectivity index (χ0) is 12.5. The third-order valence-corrected chi connectivity index (χ3v) is 3.91. The van der Waals surface area contributed by atoms with Crippen molar-refractivity contribution in [1.29, 1.82) is 0 Å². The Kier molecular flexibility index (Phi) is 3.04. The largest absolute Gasteiger partial charge is 0.369 e. The molecule has 0 radical (unpaired) electrons. The average Bonchev–Trinajstić information content (AvgIpc) is 2.76. The van der Waals surface area contributed by atoms with Crippen LogP contribution >= 0.6 is 15.9 Å². The summed E-state index contributed by atoms with van der Waals surface area (Å²) in [5.74, 6) is 0.875. The van der Waals surface area contributed by atoms with Crippen molar-refractivity contribution in [3.8, 4) is 11.3 Å². The highest BCUT2D eigenvalue weighted by molar-refractivity contribution is 9.10. The Labute approximate surface area is 115 Å². The standard InChI is InChI=1S/C14H14BrN3/c1-2-6-16-13-8-9-7-11-10(14(9)18-17-13)4-3-5-12(11)15/h3-5,8H,2,6-7H2,1H3,(H,16,17). The number of rotatable bonds is 3. The zero-order valence-corrected chi connectivity index (χ0v) is 11.8. The smallest absolute Gasteiger partial charge is 0.148 e. The van der Waals surface area contributed by atoms with E-state index in [1.165, 1.54) is 16.7 Å². The van der Waals surface area contributed by atoms with Crippen LogP contribution in [0.25, 0.3) is 11.3 Å². The van der Waals surface area contributed by atoms with Gasteiger partial charge in [-0.2, -0.15) is 0 Å². The summed E-state index contributed by atoms with van der Waals surface area (Å²) in [6.07, 6.45) is 2.02. The van der Waals surface area contributed by atoms with Gasteiger partial charge in [-0.1, -0.05) is 35.0 Å². The van der Waals surface area contributed by atoms with E-state index in [9.17, 15) is 0 Å². The fraction of sp³-hybridized carbons (Fsp3) is 0.286. The Morgan fingerprint density at radius 3 is 3.06 bits per heavy atom. The number of benzene rings is 1. The van der Waals surface area contributed by atoms with Crippen LogP contribution in [0.1, 0.15) is 24.5 Å². The predicted molar refractivity (Wildman–Crippen MR) is 76.8 cm³/mol. The summed E-state index contributed by atoms with van der Waals surface area (Å²) >= 11 is 3.60. The molecule has 1 aliphatic rings. The summed E-state index contributed by atoms with van der Waals surface area (Å²) in [7, 11) is 0. The van der Waals surface area contributed by atoms with Gasteiger partial charge < -0.3 is 5.32 Å². The van der Waals surface area contributed by atoms with Crippen LogP contribution in [0.3, 0.4) is 0 Å². The number of nitrogens with one attached hydrogen (secondary N) is 1. The Morgan fingerprint density at radius 2 is 2.22 bits per heavy atom. The van der Waals surface area contributed by atoms with Crippen LogP contribution in [0.2, 0.25) is 0 Å². The average molecular weight is 304 g/mol. The molecule has 1 heterocycles. The fourth-order valence-electron chi connectivity index (χ4n) is 2.28. The van der Waals surface area contributed by atoms with Crippen LogP contribution in [-0.2, 0) is 6.42 Å². The summed E-state index contributed by atoms with van der Waals surface area (Å²) in [5.41, 5.74) is 4.79. The Hall–Kier alpha value is -1.42. The number of hydrogen-bond acceptors (Lipinski definition) is 3. The Morgan fingerprint density at radius 1 is 1.33 bits per heavy atom. The van der Waals surface area contributed by atoms with Crippen LogP contribution in [0.5, 0.6) is 0 Å². The molecule has 0 unspecified atom stereocenters. The van der Waals surface area contributed by atoms with Crippen LogP contribution < -0.4 is 5.32 Å². The molecule has 3 nitrogen and oxygen atoms in total. The predicted octanol–water partition coefficient (Wildman–Crippen LogP) is 3.63. The van der Waals surface area contributed by atoms with E-state index >= 15 is 0 Å². The van der Waals surface area contributed by atoms with Gasteiger partial charge in [0.05, 0.1) is 5.69 Å². The summed E-state index contributed by atoms with van der Waals surface area (Å²) < 4.78 is 1.15.